The van der Waals surface area contributed by atoms with E-state index in [-0.39, 0.29) is 24.1 Å². The zero-order valence-corrected chi connectivity index (χ0v) is 14.8. The Labute approximate surface area is 147 Å². The molecule has 0 saturated carbocycles. The molecule has 0 aliphatic carbocycles. The number of aromatic nitrogens is 2. The van der Waals surface area contributed by atoms with E-state index in [1.807, 2.05) is 4.90 Å². The lowest BCUT2D eigenvalue weighted by Gasteiger charge is -2.35. The van der Waals surface area contributed by atoms with Crippen LogP contribution in [0.4, 0.5) is 0 Å². The molecule has 0 aromatic carbocycles. The number of hydrogen-bond acceptors (Lipinski definition) is 7. The topological polar surface area (TPSA) is 83.7 Å². The highest BCUT2D eigenvalue weighted by molar-refractivity contribution is 5.81. The Morgan fingerprint density at radius 2 is 2.12 bits per heavy atom. The Balaban J connectivity index is 1.51. The molecule has 3 fully saturated rings. The Hall–Kier alpha value is -1.51. The number of carbonyl (C=O) groups is 1. The summed E-state index contributed by atoms with van der Waals surface area (Å²) in [5.41, 5.74) is 0. The molecular weight excluding hydrogens is 322 g/mol. The summed E-state index contributed by atoms with van der Waals surface area (Å²) >= 11 is 0. The third kappa shape index (κ3) is 3.43. The van der Waals surface area contributed by atoms with E-state index in [0.29, 0.717) is 18.3 Å². The molecule has 0 bridgehead atoms. The number of likely N-dealkylation sites (tertiary alicyclic amines) is 1. The fourth-order valence-corrected chi connectivity index (χ4v) is 4.02. The lowest BCUT2D eigenvalue weighted by molar-refractivity contribution is -0.145. The van der Waals surface area contributed by atoms with Crippen LogP contribution < -0.4 is 5.32 Å². The lowest BCUT2D eigenvalue weighted by Crippen LogP contribution is -2.44. The minimum Gasteiger partial charge on any atom is -0.368 e. The van der Waals surface area contributed by atoms with Crippen molar-refractivity contribution in [1.29, 1.82) is 0 Å². The number of piperazine rings is 1. The molecule has 0 spiro atoms. The highest BCUT2D eigenvalue weighted by Crippen LogP contribution is 2.32. The lowest BCUT2D eigenvalue weighted by atomic mass is 10.0. The van der Waals surface area contributed by atoms with Crippen molar-refractivity contribution in [2.45, 2.75) is 50.3 Å². The maximum atomic E-state index is 12.8. The van der Waals surface area contributed by atoms with Gasteiger partial charge in [-0.2, -0.15) is 4.98 Å². The maximum Gasteiger partial charge on any atom is 0.252 e. The molecule has 3 unspecified atom stereocenters. The SMILES string of the molecule is CN1CCNCC1c1noc(C2CCCCN2C(=O)C2CCCO2)n1. The summed E-state index contributed by atoms with van der Waals surface area (Å²) < 4.78 is 11.2. The molecule has 3 aliphatic heterocycles. The monoisotopic (exact) mass is 349 g/mol. The summed E-state index contributed by atoms with van der Waals surface area (Å²) in [5, 5.41) is 7.59. The molecule has 3 aliphatic rings. The van der Waals surface area contributed by atoms with Gasteiger partial charge in [-0.25, -0.2) is 0 Å². The molecular formula is C17H27N5O3. The van der Waals surface area contributed by atoms with Crippen LogP contribution in [0.3, 0.4) is 0 Å². The van der Waals surface area contributed by atoms with Gasteiger partial charge in [0.1, 0.15) is 12.1 Å². The zero-order chi connectivity index (χ0) is 17.2. The van der Waals surface area contributed by atoms with E-state index >= 15 is 0 Å². The molecule has 1 aromatic rings. The summed E-state index contributed by atoms with van der Waals surface area (Å²) in [5.74, 6) is 1.36. The van der Waals surface area contributed by atoms with Crippen molar-refractivity contribution in [3.8, 4) is 0 Å². The number of likely N-dealkylation sites (N-methyl/N-ethyl adjacent to an activating group) is 1. The van der Waals surface area contributed by atoms with Crippen molar-refractivity contribution in [3.63, 3.8) is 0 Å². The van der Waals surface area contributed by atoms with Crippen LogP contribution in [0.5, 0.6) is 0 Å². The van der Waals surface area contributed by atoms with Crippen molar-refractivity contribution < 1.29 is 14.1 Å². The summed E-state index contributed by atoms with van der Waals surface area (Å²) in [6.07, 6.45) is 4.44. The van der Waals surface area contributed by atoms with Gasteiger partial charge in [0.05, 0.1) is 6.04 Å². The third-order valence-corrected chi connectivity index (χ3v) is 5.54. The first-order valence-electron chi connectivity index (χ1n) is 9.40. The first-order valence-corrected chi connectivity index (χ1v) is 9.40. The van der Waals surface area contributed by atoms with Gasteiger partial charge in [-0.15, -0.1) is 0 Å². The van der Waals surface area contributed by atoms with Crippen molar-refractivity contribution in [3.05, 3.63) is 11.7 Å². The standard InChI is InChI=1S/C17H27N5O3/c1-21-9-7-18-11-13(21)15-19-16(25-20-15)12-5-2-3-8-22(12)17(23)14-6-4-10-24-14/h12-14,18H,2-11H2,1H3. The average Bonchev–Trinajstić information content (AvgIpc) is 3.34. The van der Waals surface area contributed by atoms with Crippen LogP contribution in [-0.4, -0.2) is 71.8 Å². The fourth-order valence-electron chi connectivity index (χ4n) is 4.02. The number of nitrogens with one attached hydrogen (secondary N) is 1. The first kappa shape index (κ1) is 16.9. The van der Waals surface area contributed by atoms with E-state index in [4.69, 9.17) is 9.26 Å². The summed E-state index contributed by atoms with van der Waals surface area (Å²) in [6, 6.07) is 0.00529. The fraction of sp³-hybridized carbons (Fsp3) is 0.824. The van der Waals surface area contributed by atoms with E-state index in [1.165, 1.54) is 0 Å². The predicted molar refractivity (Wildman–Crippen MR) is 89.8 cm³/mol. The minimum absolute atomic E-state index is 0.0819. The van der Waals surface area contributed by atoms with Crippen molar-refractivity contribution in [1.82, 2.24) is 25.3 Å². The van der Waals surface area contributed by atoms with E-state index < -0.39 is 0 Å². The number of ether oxygens (including phenoxy) is 1. The van der Waals surface area contributed by atoms with Gasteiger partial charge in [0, 0.05) is 32.8 Å². The largest absolute Gasteiger partial charge is 0.368 e. The normalized spacial score (nSPS) is 31.4. The van der Waals surface area contributed by atoms with Crippen LogP contribution in [0.25, 0.3) is 0 Å². The quantitative estimate of drug-likeness (QED) is 0.867. The van der Waals surface area contributed by atoms with Crippen LogP contribution in [0, 0.1) is 0 Å². The Kier molecular flexibility index (Phi) is 5.00. The highest BCUT2D eigenvalue weighted by atomic mass is 16.5. The van der Waals surface area contributed by atoms with E-state index in [1.54, 1.807) is 0 Å². The third-order valence-electron chi connectivity index (χ3n) is 5.54. The van der Waals surface area contributed by atoms with Gasteiger partial charge >= 0.3 is 0 Å². The van der Waals surface area contributed by atoms with Crippen molar-refractivity contribution in [2.75, 3.05) is 39.8 Å². The Morgan fingerprint density at radius 3 is 2.92 bits per heavy atom. The number of nitrogens with zero attached hydrogens (tertiary/aromatic N) is 4. The molecule has 3 atom stereocenters. The van der Waals surface area contributed by atoms with Crippen LogP contribution in [-0.2, 0) is 9.53 Å². The molecule has 1 amide bonds. The smallest absolute Gasteiger partial charge is 0.252 e. The second kappa shape index (κ2) is 7.39. The molecule has 8 nitrogen and oxygen atoms in total. The molecule has 8 heteroatoms. The predicted octanol–water partition coefficient (Wildman–Crippen LogP) is 0.878. The van der Waals surface area contributed by atoms with Gasteiger partial charge in [0.15, 0.2) is 5.82 Å². The zero-order valence-electron chi connectivity index (χ0n) is 14.8. The second-order valence-electron chi connectivity index (χ2n) is 7.24. The number of rotatable bonds is 3. The number of piperidine rings is 1. The number of amides is 1. The number of carbonyl (C=O) groups excluding carboxylic acids is 1. The molecule has 1 aromatic heterocycles. The molecule has 3 saturated heterocycles. The van der Waals surface area contributed by atoms with Crippen molar-refractivity contribution >= 4 is 5.91 Å². The molecule has 25 heavy (non-hydrogen) atoms. The van der Waals surface area contributed by atoms with Gasteiger partial charge in [-0.1, -0.05) is 5.16 Å². The van der Waals surface area contributed by atoms with Crippen molar-refractivity contribution in [2.24, 2.45) is 0 Å². The van der Waals surface area contributed by atoms with E-state index in [9.17, 15) is 4.79 Å². The minimum atomic E-state index is -0.295. The second-order valence-corrected chi connectivity index (χ2v) is 7.24. The summed E-state index contributed by atoms with van der Waals surface area (Å²) in [6.45, 7) is 4.18. The van der Waals surface area contributed by atoms with Gasteiger partial charge < -0.3 is 19.5 Å². The van der Waals surface area contributed by atoms with Crippen LogP contribution in [0.2, 0.25) is 0 Å². The highest BCUT2D eigenvalue weighted by Gasteiger charge is 2.37. The molecule has 4 heterocycles. The van der Waals surface area contributed by atoms with Crippen LogP contribution >= 0.6 is 0 Å². The van der Waals surface area contributed by atoms with Gasteiger partial charge in [-0.3, -0.25) is 9.69 Å². The molecule has 4 rings (SSSR count). The average molecular weight is 349 g/mol. The molecule has 0 radical (unpaired) electrons. The Bertz CT molecular complexity index is 601. The summed E-state index contributed by atoms with van der Waals surface area (Å²) in [4.78, 5) is 21.7. The number of hydrogen-bond donors (Lipinski definition) is 1. The van der Waals surface area contributed by atoms with E-state index in [2.05, 4.69) is 27.4 Å². The van der Waals surface area contributed by atoms with Crippen LogP contribution in [0.15, 0.2) is 4.52 Å². The first-order chi connectivity index (χ1) is 12.2. The van der Waals surface area contributed by atoms with E-state index in [0.717, 1.165) is 58.3 Å². The summed E-state index contributed by atoms with van der Waals surface area (Å²) in [7, 11) is 2.08. The molecule has 1 N–H and O–H groups in total. The molecule has 138 valence electrons. The van der Waals surface area contributed by atoms with Crippen LogP contribution in [0.1, 0.15) is 55.9 Å². The van der Waals surface area contributed by atoms with Gasteiger partial charge in [0.25, 0.3) is 5.91 Å². The Morgan fingerprint density at radius 1 is 1.20 bits per heavy atom. The maximum absolute atomic E-state index is 12.8. The van der Waals surface area contributed by atoms with Gasteiger partial charge in [-0.05, 0) is 39.2 Å². The van der Waals surface area contributed by atoms with Gasteiger partial charge in [0.2, 0.25) is 5.89 Å².